The van der Waals surface area contributed by atoms with Gasteiger partial charge in [-0.3, -0.25) is 0 Å². The van der Waals surface area contributed by atoms with Crippen molar-refractivity contribution in [3.63, 3.8) is 0 Å². The van der Waals surface area contributed by atoms with Crippen LogP contribution in [0.4, 0.5) is 4.39 Å². The van der Waals surface area contributed by atoms with Crippen molar-refractivity contribution in [2.75, 3.05) is 18.8 Å². The lowest BCUT2D eigenvalue weighted by atomic mass is 10.1. The lowest BCUT2D eigenvalue weighted by Crippen LogP contribution is -2.43. The fourth-order valence-corrected chi connectivity index (χ4v) is 2.68. The summed E-state index contributed by atoms with van der Waals surface area (Å²) in [5, 5.41) is 11.9. The first kappa shape index (κ1) is 11.4. The van der Waals surface area contributed by atoms with Gasteiger partial charge >= 0.3 is 0 Å². The number of nitriles is 1. The number of halogens is 1. The van der Waals surface area contributed by atoms with Crippen LogP contribution in [0.15, 0.2) is 18.2 Å². The molecule has 0 unspecified atom stereocenters. The van der Waals surface area contributed by atoms with E-state index in [9.17, 15) is 4.39 Å². The Kier molecular flexibility index (Phi) is 3.81. The first-order valence-electron chi connectivity index (χ1n) is 5.26. The maximum Gasteiger partial charge on any atom is 0.127 e. The van der Waals surface area contributed by atoms with Crippen molar-refractivity contribution in [2.24, 2.45) is 5.92 Å². The van der Waals surface area contributed by atoms with Crippen molar-refractivity contribution >= 4 is 11.8 Å². The molecular weight excluding hydrogens is 223 g/mol. The molecular formula is C12H13FN2S. The fourth-order valence-electron chi connectivity index (χ4n) is 1.56. The van der Waals surface area contributed by atoms with Gasteiger partial charge in [-0.15, -0.1) is 0 Å². The second-order valence-electron chi connectivity index (χ2n) is 3.96. The summed E-state index contributed by atoms with van der Waals surface area (Å²) in [7, 11) is 0. The van der Waals surface area contributed by atoms with E-state index in [4.69, 9.17) is 5.26 Å². The third-order valence-corrected chi connectivity index (χ3v) is 3.87. The Labute approximate surface area is 98.8 Å². The third kappa shape index (κ3) is 2.75. The van der Waals surface area contributed by atoms with Gasteiger partial charge in [-0.25, -0.2) is 4.39 Å². The van der Waals surface area contributed by atoms with Crippen molar-refractivity contribution in [3.8, 4) is 6.07 Å². The monoisotopic (exact) mass is 236 g/mol. The highest BCUT2D eigenvalue weighted by Gasteiger charge is 2.16. The molecule has 1 aliphatic rings. The minimum atomic E-state index is -0.210. The molecule has 1 heterocycles. The molecule has 0 bridgehead atoms. The molecule has 16 heavy (non-hydrogen) atoms. The van der Waals surface area contributed by atoms with Gasteiger partial charge in [0.1, 0.15) is 5.82 Å². The van der Waals surface area contributed by atoms with Crippen LogP contribution in [0.5, 0.6) is 0 Å². The van der Waals surface area contributed by atoms with Crippen LogP contribution in [0.1, 0.15) is 11.1 Å². The number of hydrogen-bond donors (Lipinski definition) is 1. The molecule has 2 nitrogen and oxygen atoms in total. The molecule has 0 radical (unpaired) electrons. The van der Waals surface area contributed by atoms with Crippen LogP contribution in [0.2, 0.25) is 0 Å². The summed E-state index contributed by atoms with van der Waals surface area (Å²) in [6.45, 7) is 2.15. The Morgan fingerprint density at radius 2 is 2.31 bits per heavy atom. The van der Waals surface area contributed by atoms with E-state index < -0.39 is 0 Å². The summed E-state index contributed by atoms with van der Waals surface area (Å²) in [6.07, 6.45) is 0. The van der Waals surface area contributed by atoms with Crippen LogP contribution >= 0.6 is 11.8 Å². The molecule has 4 heteroatoms. The molecule has 1 N–H and O–H groups in total. The molecule has 0 spiro atoms. The molecule has 1 aromatic rings. The van der Waals surface area contributed by atoms with Crippen LogP contribution in [-0.4, -0.2) is 18.8 Å². The lowest BCUT2D eigenvalue weighted by Gasteiger charge is -2.26. The highest BCUT2D eigenvalue weighted by molar-refractivity contribution is 7.98. The molecule has 84 valence electrons. The normalized spacial score (nSPS) is 15.5. The minimum absolute atomic E-state index is 0.210. The van der Waals surface area contributed by atoms with Gasteiger partial charge in [0.15, 0.2) is 0 Å². The Bertz CT molecular complexity index is 410. The van der Waals surface area contributed by atoms with Gasteiger partial charge in [0.2, 0.25) is 0 Å². The molecule has 0 aliphatic carbocycles. The number of nitrogens with one attached hydrogen (secondary N) is 1. The van der Waals surface area contributed by atoms with Gasteiger partial charge in [-0.05, 0) is 48.5 Å². The molecule has 0 atom stereocenters. The first-order valence-corrected chi connectivity index (χ1v) is 6.42. The van der Waals surface area contributed by atoms with Gasteiger partial charge in [0, 0.05) is 5.75 Å². The van der Waals surface area contributed by atoms with Crippen LogP contribution in [0, 0.1) is 23.1 Å². The van der Waals surface area contributed by atoms with Crippen molar-refractivity contribution in [3.05, 3.63) is 35.1 Å². The summed E-state index contributed by atoms with van der Waals surface area (Å²) in [5.41, 5.74) is 1.17. The highest BCUT2D eigenvalue weighted by atomic mass is 32.2. The Morgan fingerprint density at radius 3 is 2.94 bits per heavy atom. The van der Waals surface area contributed by atoms with Crippen molar-refractivity contribution in [1.82, 2.24) is 5.32 Å². The SMILES string of the molecule is N#Cc1ccc(F)c(CSCC2CNC2)c1. The average molecular weight is 236 g/mol. The standard InChI is InChI=1S/C12H13FN2S/c13-12-2-1-9(4-14)3-11(12)8-16-7-10-5-15-6-10/h1-3,10,15H,5-8H2. The Morgan fingerprint density at radius 1 is 1.50 bits per heavy atom. The average Bonchev–Trinajstić information content (AvgIpc) is 2.24. The molecule has 0 aromatic heterocycles. The molecule has 1 aromatic carbocycles. The van der Waals surface area contributed by atoms with Crippen molar-refractivity contribution < 1.29 is 4.39 Å². The molecule has 1 fully saturated rings. The minimum Gasteiger partial charge on any atom is -0.316 e. The van der Waals surface area contributed by atoms with E-state index in [0.717, 1.165) is 24.8 Å². The third-order valence-electron chi connectivity index (χ3n) is 2.65. The number of nitrogens with zero attached hydrogens (tertiary/aromatic N) is 1. The van der Waals surface area contributed by atoms with Crippen LogP contribution in [0.3, 0.4) is 0 Å². The predicted molar refractivity (Wildman–Crippen MR) is 63.6 cm³/mol. The van der Waals surface area contributed by atoms with E-state index >= 15 is 0 Å². The molecule has 0 amide bonds. The zero-order chi connectivity index (χ0) is 11.4. The van der Waals surface area contributed by atoms with E-state index in [1.807, 2.05) is 6.07 Å². The zero-order valence-electron chi connectivity index (χ0n) is 8.87. The van der Waals surface area contributed by atoms with Crippen LogP contribution < -0.4 is 5.32 Å². The maximum absolute atomic E-state index is 13.4. The largest absolute Gasteiger partial charge is 0.316 e. The summed E-state index contributed by atoms with van der Waals surface area (Å²) >= 11 is 1.73. The second-order valence-corrected chi connectivity index (χ2v) is 4.99. The predicted octanol–water partition coefficient (Wildman–Crippen LogP) is 2.15. The van der Waals surface area contributed by atoms with E-state index in [-0.39, 0.29) is 5.82 Å². The number of thioether (sulfide) groups is 1. The maximum atomic E-state index is 13.4. The molecule has 0 saturated carbocycles. The van der Waals surface area contributed by atoms with Crippen LogP contribution in [0.25, 0.3) is 0 Å². The number of rotatable bonds is 4. The summed E-state index contributed by atoms with van der Waals surface area (Å²) in [5.74, 6) is 2.23. The first-order chi connectivity index (χ1) is 7.79. The van der Waals surface area contributed by atoms with Gasteiger partial charge < -0.3 is 5.32 Å². The lowest BCUT2D eigenvalue weighted by molar-refractivity contribution is 0.385. The van der Waals surface area contributed by atoms with Gasteiger partial charge in [-0.1, -0.05) is 0 Å². The zero-order valence-corrected chi connectivity index (χ0v) is 9.69. The molecule has 1 saturated heterocycles. The van der Waals surface area contributed by atoms with Gasteiger partial charge in [0.05, 0.1) is 11.6 Å². The highest BCUT2D eigenvalue weighted by Crippen LogP contribution is 2.20. The number of benzene rings is 1. The van der Waals surface area contributed by atoms with E-state index in [1.54, 1.807) is 17.8 Å². The summed E-state index contributed by atoms with van der Waals surface area (Å²) < 4.78 is 13.4. The van der Waals surface area contributed by atoms with Crippen molar-refractivity contribution in [2.45, 2.75) is 5.75 Å². The van der Waals surface area contributed by atoms with E-state index in [2.05, 4.69) is 5.32 Å². The fraction of sp³-hybridized carbons (Fsp3) is 0.417. The van der Waals surface area contributed by atoms with Gasteiger partial charge in [0.25, 0.3) is 0 Å². The molecule has 1 aliphatic heterocycles. The topological polar surface area (TPSA) is 35.8 Å². The quantitative estimate of drug-likeness (QED) is 0.870. The van der Waals surface area contributed by atoms with E-state index in [0.29, 0.717) is 16.9 Å². The Hall–Kier alpha value is -1.05. The van der Waals surface area contributed by atoms with E-state index in [1.165, 1.54) is 12.1 Å². The van der Waals surface area contributed by atoms with Gasteiger partial charge in [-0.2, -0.15) is 17.0 Å². The summed E-state index contributed by atoms with van der Waals surface area (Å²) in [4.78, 5) is 0. The smallest absolute Gasteiger partial charge is 0.127 e. The number of hydrogen-bond acceptors (Lipinski definition) is 3. The molecule has 2 rings (SSSR count). The summed E-state index contributed by atoms with van der Waals surface area (Å²) in [6, 6.07) is 6.56. The van der Waals surface area contributed by atoms with Crippen molar-refractivity contribution in [1.29, 1.82) is 5.26 Å². The second kappa shape index (κ2) is 5.33. The van der Waals surface area contributed by atoms with Crippen LogP contribution in [-0.2, 0) is 5.75 Å². The Balaban J connectivity index is 1.89.